The predicted molar refractivity (Wildman–Crippen MR) is 122 cm³/mol. The van der Waals surface area contributed by atoms with Gasteiger partial charge in [0.25, 0.3) is 11.6 Å². The Morgan fingerprint density at radius 2 is 2.16 bits per heavy atom. The number of non-ortho nitro benzene ring substituents is 1. The number of nitrogens with one attached hydrogen (secondary N) is 2. The van der Waals surface area contributed by atoms with E-state index >= 15 is 0 Å². The summed E-state index contributed by atoms with van der Waals surface area (Å²) in [5.74, 6) is 0.110. The number of carbonyl (C=O) groups is 1. The van der Waals surface area contributed by atoms with Gasteiger partial charge in [0.2, 0.25) is 0 Å². The number of halogens is 1. The molecule has 0 spiro atoms. The van der Waals surface area contributed by atoms with Crippen LogP contribution in [0, 0.1) is 16.0 Å². The Labute approximate surface area is 190 Å². The number of para-hydroxylation sites is 1. The molecule has 4 unspecified atom stereocenters. The van der Waals surface area contributed by atoms with Crippen molar-refractivity contribution in [1.82, 2.24) is 5.32 Å². The molecule has 0 radical (unpaired) electrons. The summed E-state index contributed by atoms with van der Waals surface area (Å²) in [4.78, 5) is 24.0. The van der Waals surface area contributed by atoms with E-state index in [2.05, 4.69) is 22.8 Å². The Bertz CT molecular complexity index is 1100. The van der Waals surface area contributed by atoms with E-state index in [-0.39, 0.29) is 35.6 Å². The van der Waals surface area contributed by atoms with Crippen molar-refractivity contribution in [3.05, 3.63) is 80.4 Å². The molecule has 0 aromatic heterocycles. The molecule has 1 amide bonds. The van der Waals surface area contributed by atoms with Gasteiger partial charge in [-0.05, 0) is 42.9 Å². The molecule has 2 N–H and O–H groups in total. The van der Waals surface area contributed by atoms with Crippen molar-refractivity contribution >= 4 is 28.9 Å². The Balaban J connectivity index is 1.49. The number of hydrogen-bond donors (Lipinski definition) is 2. The average molecular weight is 454 g/mol. The third-order valence-corrected chi connectivity index (χ3v) is 7.03. The van der Waals surface area contributed by atoms with Crippen molar-refractivity contribution in [2.24, 2.45) is 5.92 Å². The van der Waals surface area contributed by atoms with Crippen LogP contribution < -0.4 is 10.6 Å². The first-order valence-corrected chi connectivity index (χ1v) is 11.3. The number of nitro groups is 1. The van der Waals surface area contributed by atoms with E-state index in [1.54, 1.807) is 12.1 Å². The number of ether oxygens (including phenoxy) is 1. The standard InChI is InChI=1S/C24H24ClN3O4/c25-21-10-9-14(28(30)31)12-20(21)23-18-6-1-5-16(18)17-7-2-8-19(22(17)27-23)24(29)26-13-15-4-3-11-32-15/h1-2,5,7-10,12,15-16,18,23,27H,3-4,6,11,13H2,(H,26,29). The molecule has 2 aromatic rings. The fourth-order valence-corrected chi connectivity index (χ4v) is 5.34. The summed E-state index contributed by atoms with van der Waals surface area (Å²) in [7, 11) is 0. The zero-order chi connectivity index (χ0) is 22.2. The summed E-state index contributed by atoms with van der Waals surface area (Å²) >= 11 is 6.50. The van der Waals surface area contributed by atoms with Gasteiger partial charge in [-0.2, -0.15) is 0 Å². The molecule has 32 heavy (non-hydrogen) atoms. The molecule has 166 valence electrons. The number of nitro benzene ring substituents is 1. The van der Waals surface area contributed by atoms with E-state index in [4.69, 9.17) is 16.3 Å². The number of rotatable bonds is 5. The van der Waals surface area contributed by atoms with Gasteiger partial charge < -0.3 is 15.4 Å². The molecule has 2 aliphatic heterocycles. The van der Waals surface area contributed by atoms with Crippen molar-refractivity contribution in [1.29, 1.82) is 0 Å². The second-order valence-electron chi connectivity index (χ2n) is 8.55. The monoisotopic (exact) mass is 453 g/mol. The minimum absolute atomic E-state index is 0.00194. The summed E-state index contributed by atoms with van der Waals surface area (Å²) in [6.45, 7) is 1.22. The quantitative estimate of drug-likeness (QED) is 0.378. The molecule has 1 aliphatic carbocycles. The van der Waals surface area contributed by atoms with Crippen LogP contribution in [0.3, 0.4) is 0 Å². The zero-order valence-electron chi connectivity index (χ0n) is 17.4. The van der Waals surface area contributed by atoms with Crippen molar-refractivity contribution in [2.75, 3.05) is 18.5 Å². The number of anilines is 1. The average Bonchev–Trinajstić information content (AvgIpc) is 3.49. The molecule has 4 atom stereocenters. The van der Waals surface area contributed by atoms with E-state index in [1.165, 1.54) is 6.07 Å². The normalized spacial score (nSPS) is 25.7. The van der Waals surface area contributed by atoms with E-state index in [0.717, 1.165) is 37.1 Å². The lowest BCUT2D eigenvalue weighted by atomic mass is 9.76. The maximum Gasteiger partial charge on any atom is 0.269 e. The lowest BCUT2D eigenvalue weighted by molar-refractivity contribution is -0.384. The van der Waals surface area contributed by atoms with Crippen LogP contribution >= 0.6 is 11.6 Å². The molecule has 3 aliphatic rings. The lowest BCUT2D eigenvalue weighted by Gasteiger charge is -2.38. The summed E-state index contributed by atoms with van der Waals surface area (Å²) in [5, 5.41) is 18.4. The Hall–Kier alpha value is -2.90. The molecular weight excluding hydrogens is 430 g/mol. The van der Waals surface area contributed by atoms with Crippen LogP contribution in [0.2, 0.25) is 5.02 Å². The van der Waals surface area contributed by atoms with Gasteiger partial charge in [0.15, 0.2) is 0 Å². The topological polar surface area (TPSA) is 93.5 Å². The van der Waals surface area contributed by atoms with Crippen LogP contribution in [-0.2, 0) is 4.74 Å². The number of carbonyl (C=O) groups excluding carboxylic acids is 1. The van der Waals surface area contributed by atoms with Crippen molar-refractivity contribution < 1.29 is 14.5 Å². The summed E-state index contributed by atoms with van der Waals surface area (Å²) in [6.07, 6.45) is 7.16. The van der Waals surface area contributed by atoms with E-state index in [1.807, 2.05) is 18.2 Å². The highest BCUT2D eigenvalue weighted by molar-refractivity contribution is 6.31. The molecule has 8 heteroatoms. The number of nitrogens with zero attached hydrogens (tertiary/aromatic N) is 1. The second kappa shape index (κ2) is 8.56. The van der Waals surface area contributed by atoms with E-state index in [0.29, 0.717) is 22.7 Å². The molecule has 0 saturated carbocycles. The highest BCUT2D eigenvalue weighted by atomic mass is 35.5. The number of benzene rings is 2. The molecule has 5 rings (SSSR count). The Kier molecular flexibility index (Phi) is 5.61. The van der Waals surface area contributed by atoms with Gasteiger partial charge in [0.05, 0.1) is 28.3 Å². The van der Waals surface area contributed by atoms with Crippen molar-refractivity contribution in [2.45, 2.75) is 37.3 Å². The first kappa shape index (κ1) is 21.0. The van der Waals surface area contributed by atoms with Crippen molar-refractivity contribution in [3.63, 3.8) is 0 Å². The Morgan fingerprint density at radius 3 is 2.94 bits per heavy atom. The van der Waals surface area contributed by atoms with Gasteiger partial charge >= 0.3 is 0 Å². The number of amides is 1. The predicted octanol–water partition coefficient (Wildman–Crippen LogP) is 4.98. The molecule has 0 bridgehead atoms. The van der Waals surface area contributed by atoms with Crippen LogP contribution in [0.4, 0.5) is 11.4 Å². The minimum atomic E-state index is -0.412. The molecule has 2 aromatic carbocycles. The highest BCUT2D eigenvalue weighted by Crippen LogP contribution is 2.51. The van der Waals surface area contributed by atoms with Crippen LogP contribution in [0.15, 0.2) is 48.6 Å². The SMILES string of the molecule is O=C(NCC1CCCO1)c1cccc2c1NC(c1cc([N+](=O)[O-])ccc1Cl)C1CC=CC21. The molecule has 1 fully saturated rings. The first-order valence-electron chi connectivity index (χ1n) is 10.9. The Morgan fingerprint density at radius 1 is 1.28 bits per heavy atom. The fraction of sp³-hybridized carbons (Fsp3) is 0.375. The summed E-state index contributed by atoms with van der Waals surface area (Å²) in [6, 6.07) is 10.0. The summed E-state index contributed by atoms with van der Waals surface area (Å²) < 4.78 is 5.62. The maximum absolute atomic E-state index is 13.1. The largest absolute Gasteiger partial charge is 0.377 e. The smallest absolute Gasteiger partial charge is 0.269 e. The molecule has 1 saturated heterocycles. The number of allylic oxidation sites excluding steroid dienone is 2. The van der Waals surface area contributed by atoms with Gasteiger partial charge in [-0.25, -0.2) is 0 Å². The third kappa shape index (κ3) is 3.76. The van der Waals surface area contributed by atoms with Crippen LogP contribution in [0.1, 0.15) is 52.7 Å². The minimum Gasteiger partial charge on any atom is -0.377 e. The van der Waals surface area contributed by atoms with Gasteiger partial charge in [-0.15, -0.1) is 0 Å². The lowest BCUT2D eigenvalue weighted by Crippen LogP contribution is -2.34. The van der Waals surface area contributed by atoms with Crippen LogP contribution in [0.25, 0.3) is 0 Å². The number of hydrogen-bond acceptors (Lipinski definition) is 5. The molecule has 7 nitrogen and oxygen atoms in total. The zero-order valence-corrected chi connectivity index (χ0v) is 18.2. The number of fused-ring (bicyclic) bond motifs is 3. The highest BCUT2D eigenvalue weighted by Gasteiger charge is 2.40. The van der Waals surface area contributed by atoms with Gasteiger partial charge in [0, 0.05) is 41.8 Å². The van der Waals surface area contributed by atoms with E-state index in [9.17, 15) is 14.9 Å². The molecule has 2 heterocycles. The molecular formula is C24H24ClN3O4. The van der Waals surface area contributed by atoms with Crippen LogP contribution in [-0.4, -0.2) is 30.1 Å². The first-order chi connectivity index (χ1) is 15.5. The van der Waals surface area contributed by atoms with Crippen LogP contribution in [0.5, 0.6) is 0 Å². The van der Waals surface area contributed by atoms with Gasteiger partial charge in [-0.3, -0.25) is 14.9 Å². The van der Waals surface area contributed by atoms with Crippen molar-refractivity contribution in [3.8, 4) is 0 Å². The van der Waals surface area contributed by atoms with Gasteiger partial charge in [-0.1, -0.05) is 35.9 Å². The fourth-order valence-electron chi connectivity index (χ4n) is 5.11. The van der Waals surface area contributed by atoms with Gasteiger partial charge in [0.1, 0.15) is 0 Å². The summed E-state index contributed by atoms with van der Waals surface area (Å²) in [5.41, 5.74) is 3.07. The third-order valence-electron chi connectivity index (χ3n) is 6.68. The maximum atomic E-state index is 13.1. The second-order valence-corrected chi connectivity index (χ2v) is 8.96. The van der Waals surface area contributed by atoms with E-state index < -0.39 is 4.92 Å².